The molecule has 11 heteroatoms. The van der Waals surface area contributed by atoms with Gasteiger partial charge >= 0.3 is 6.18 Å². The number of nitrogens with zero attached hydrogens (tertiary/aromatic N) is 1. The molecule has 1 saturated heterocycles. The van der Waals surface area contributed by atoms with E-state index in [2.05, 4.69) is 4.98 Å². The molecule has 1 amide bonds. The van der Waals surface area contributed by atoms with Crippen LogP contribution in [0.5, 0.6) is 5.75 Å². The van der Waals surface area contributed by atoms with E-state index in [0.717, 1.165) is 25.0 Å². The van der Waals surface area contributed by atoms with Crippen LogP contribution in [-0.2, 0) is 22.7 Å². The first kappa shape index (κ1) is 23.0. The van der Waals surface area contributed by atoms with Crippen LogP contribution in [0.3, 0.4) is 0 Å². The summed E-state index contributed by atoms with van der Waals surface area (Å²) < 4.78 is 60.3. The first-order valence-electron chi connectivity index (χ1n) is 9.00. The number of ether oxygens (including phenoxy) is 1. The predicted octanol–water partition coefficient (Wildman–Crippen LogP) is 5.97. The number of likely N-dealkylation sites (tertiary alicyclic amines) is 1. The molecule has 1 aromatic carbocycles. The average Bonchev–Trinajstić information content (AvgIpc) is 3.34. The van der Waals surface area contributed by atoms with Crippen molar-refractivity contribution in [2.45, 2.75) is 30.8 Å². The van der Waals surface area contributed by atoms with Gasteiger partial charge in [0.1, 0.15) is 17.3 Å². The van der Waals surface area contributed by atoms with Crippen LogP contribution in [0.25, 0.3) is 11.1 Å². The summed E-state index contributed by atoms with van der Waals surface area (Å²) in [4.78, 5) is 16.0. The molecule has 1 aromatic heterocycles. The van der Waals surface area contributed by atoms with Gasteiger partial charge in [0.2, 0.25) is 0 Å². The molecule has 2 aromatic rings. The number of hydrogen-bond donors (Lipinski definition) is 1. The van der Waals surface area contributed by atoms with Crippen LogP contribution in [0, 0.1) is 5.82 Å². The van der Waals surface area contributed by atoms with Crippen LogP contribution in [0.15, 0.2) is 12.1 Å². The minimum atomic E-state index is -4.73. The second-order valence-electron chi connectivity index (χ2n) is 6.74. The number of hydrogen-bond acceptors (Lipinski definition) is 2. The fourth-order valence-corrected chi connectivity index (χ4v) is 4.10. The molecule has 0 radical (unpaired) electrons. The fraction of sp³-hybridized carbons (Fsp3) is 0.421. The molecule has 0 saturated carbocycles. The van der Waals surface area contributed by atoms with Crippen LogP contribution in [-0.4, -0.2) is 35.5 Å². The van der Waals surface area contributed by atoms with Crippen molar-refractivity contribution in [2.24, 2.45) is 0 Å². The molecule has 0 aliphatic carbocycles. The molecule has 0 unspecified atom stereocenters. The molecule has 2 heterocycles. The summed E-state index contributed by atoms with van der Waals surface area (Å²) in [5.41, 5.74) is -1.78. The first-order chi connectivity index (χ1) is 14.2. The smallest absolute Gasteiger partial charge is 0.431 e. The SMILES string of the molecule is O=C(COc1cc(-c2c(CCl)[nH]c(C(F)(F)F)c2CCl)c(F)cc1Cl)N1CCCC1. The van der Waals surface area contributed by atoms with E-state index in [1.54, 1.807) is 4.90 Å². The third-order valence-corrected chi connectivity index (χ3v) is 5.66. The Hall–Kier alpha value is -1.64. The molecular formula is C19H17Cl3F4N2O2. The molecule has 1 aliphatic rings. The number of halogens is 7. The second-order valence-corrected chi connectivity index (χ2v) is 7.68. The van der Waals surface area contributed by atoms with Gasteiger partial charge in [0, 0.05) is 35.5 Å². The van der Waals surface area contributed by atoms with E-state index in [1.807, 2.05) is 0 Å². The van der Waals surface area contributed by atoms with Crippen molar-refractivity contribution in [3.63, 3.8) is 0 Å². The van der Waals surface area contributed by atoms with E-state index in [1.165, 1.54) is 0 Å². The highest BCUT2D eigenvalue weighted by atomic mass is 35.5. The Labute approximate surface area is 185 Å². The number of aromatic nitrogens is 1. The molecule has 1 fully saturated rings. The Balaban J connectivity index is 1.99. The van der Waals surface area contributed by atoms with Gasteiger partial charge in [-0.1, -0.05) is 11.6 Å². The van der Waals surface area contributed by atoms with E-state index in [4.69, 9.17) is 39.5 Å². The molecule has 1 N–H and O–H groups in total. The van der Waals surface area contributed by atoms with Crippen LogP contribution >= 0.6 is 34.8 Å². The molecule has 4 nitrogen and oxygen atoms in total. The van der Waals surface area contributed by atoms with E-state index in [9.17, 15) is 22.4 Å². The number of H-pyrrole nitrogens is 1. The molecule has 0 spiro atoms. The van der Waals surface area contributed by atoms with E-state index in [-0.39, 0.29) is 51.6 Å². The number of carbonyl (C=O) groups is 1. The summed E-state index contributed by atoms with van der Waals surface area (Å²) in [6.07, 6.45) is -2.91. The zero-order chi connectivity index (χ0) is 22.1. The summed E-state index contributed by atoms with van der Waals surface area (Å²) in [5.74, 6) is -2.01. The quantitative estimate of drug-likeness (QED) is 0.403. The summed E-state index contributed by atoms with van der Waals surface area (Å²) in [5, 5.41) is -0.114. The first-order valence-corrected chi connectivity index (χ1v) is 10.4. The number of amides is 1. The third kappa shape index (κ3) is 4.65. The van der Waals surface area contributed by atoms with Crippen molar-refractivity contribution in [1.82, 2.24) is 9.88 Å². The topological polar surface area (TPSA) is 45.3 Å². The summed E-state index contributed by atoms with van der Waals surface area (Å²) in [7, 11) is 0. The summed E-state index contributed by atoms with van der Waals surface area (Å²) in [6, 6.07) is 2.08. The zero-order valence-corrected chi connectivity index (χ0v) is 17.8. The average molecular weight is 488 g/mol. The zero-order valence-electron chi connectivity index (χ0n) is 15.5. The highest BCUT2D eigenvalue weighted by Gasteiger charge is 2.38. The summed E-state index contributed by atoms with van der Waals surface area (Å²) >= 11 is 17.6. The van der Waals surface area contributed by atoms with Crippen molar-refractivity contribution in [2.75, 3.05) is 19.7 Å². The monoisotopic (exact) mass is 486 g/mol. The van der Waals surface area contributed by atoms with Crippen molar-refractivity contribution in [3.8, 4) is 16.9 Å². The normalized spacial score (nSPS) is 14.4. The van der Waals surface area contributed by atoms with Gasteiger partial charge in [-0.3, -0.25) is 4.79 Å². The number of carbonyl (C=O) groups excluding carboxylic acids is 1. The van der Waals surface area contributed by atoms with Gasteiger partial charge in [0.15, 0.2) is 6.61 Å². The molecule has 0 atom stereocenters. The lowest BCUT2D eigenvalue weighted by Gasteiger charge is -2.17. The standard InChI is InChI=1S/C19H17Cl3F4N2O2/c20-7-11-17(14(8-21)27-18(11)19(24,25)26)10-5-15(12(22)6-13(10)23)30-9-16(29)28-3-1-2-4-28/h5-6,27H,1-4,7-9H2. The Morgan fingerprint density at radius 2 is 1.83 bits per heavy atom. The minimum absolute atomic E-state index is 0.0311. The maximum absolute atomic E-state index is 14.7. The Morgan fingerprint density at radius 3 is 2.40 bits per heavy atom. The molecular weight excluding hydrogens is 471 g/mol. The molecule has 0 bridgehead atoms. The van der Waals surface area contributed by atoms with Crippen LogP contribution in [0.2, 0.25) is 5.02 Å². The van der Waals surface area contributed by atoms with Crippen molar-refractivity contribution in [3.05, 3.63) is 39.9 Å². The lowest BCUT2D eigenvalue weighted by molar-refractivity contribution is -0.141. The summed E-state index contributed by atoms with van der Waals surface area (Å²) in [6.45, 7) is 0.940. The molecule has 3 rings (SSSR count). The van der Waals surface area contributed by atoms with Gasteiger partial charge in [0.05, 0.1) is 16.8 Å². The van der Waals surface area contributed by atoms with Crippen molar-refractivity contribution >= 4 is 40.7 Å². The van der Waals surface area contributed by atoms with E-state index in [0.29, 0.717) is 13.1 Å². The molecule has 164 valence electrons. The molecule has 1 aliphatic heterocycles. The van der Waals surface area contributed by atoms with Gasteiger partial charge in [-0.25, -0.2) is 4.39 Å². The lowest BCUT2D eigenvalue weighted by atomic mass is 10.00. The van der Waals surface area contributed by atoms with Gasteiger partial charge in [-0.2, -0.15) is 13.2 Å². The number of aromatic amines is 1. The Bertz CT molecular complexity index is 941. The highest BCUT2D eigenvalue weighted by Crippen LogP contribution is 2.43. The van der Waals surface area contributed by atoms with Gasteiger partial charge in [-0.15, -0.1) is 23.2 Å². The maximum Gasteiger partial charge on any atom is 0.431 e. The minimum Gasteiger partial charge on any atom is -0.482 e. The van der Waals surface area contributed by atoms with E-state index < -0.39 is 23.6 Å². The highest BCUT2D eigenvalue weighted by molar-refractivity contribution is 6.32. The third-order valence-electron chi connectivity index (χ3n) is 4.83. The van der Waals surface area contributed by atoms with Crippen LogP contribution < -0.4 is 4.74 Å². The van der Waals surface area contributed by atoms with Crippen LogP contribution in [0.1, 0.15) is 29.8 Å². The number of benzene rings is 1. The van der Waals surface area contributed by atoms with Crippen molar-refractivity contribution < 1.29 is 27.1 Å². The Kier molecular flexibility index (Phi) is 7.09. The van der Waals surface area contributed by atoms with Gasteiger partial charge in [-0.05, 0) is 25.0 Å². The van der Waals surface area contributed by atoms with Gasteiger partial charge < -0.3 is 14.6 Å². The van der Waals surface area contributed by atoms with E-state index >= 15 is 0 Å². The van der Waals surface area contributed by atoms with Gasteiger partial charge in [0.25, 0.3) is 5.91 Å². The number of nitrogens with one attached hydrogen (secondary N) is 1. The predicted molar refractivity (Wildman–Crippen MR) is 107 cm³/mol. The largest absolute Gasteiger partial charge is 0.482 e. The van der Waals surface area contributed by atoms with Crippen LogP contribution in [0.4, 0.5) is 17.6 Å². The lowest BCUT2D eigenvalue weighted by Crippen LogP contribution is -2.32. The second kappa shape index (κ2) is 9.24. The molecule has 30 heavy (non-hydrogen) atoms. The Morgan fingerprint density at radius 1 is 1.17 bits per heavy atom. The number of alkyl halides is 5. The maximum atomic E-state index is 14.7. The van der Waals surface area contributed by atoms with Crippen molar-refractivity contribution in [1.29, 1.82) is 0 Å². The fourth-order valence-electron chi connectivity index (χ4n) is 3.43. The number of rotatable bonds is 6.